The van der Waals surface area contributed by atoms with E-state index >= 15 is 0 Å². The van der Waals surface area contributed by atoms with E-state index in [9.17, 15) is 0 Å². The Morgan fingerprint density at radius 3 is 2.82 bits per heavy atom. The summed E-state index contributed by atoms with van der Waals surface area (Å²) in [5.41, 5.74) is 0. The number of nitrogens with one attached hydrogen (secondary N) is 1. The van der Waals surface area contributed by atoms with Crippen molar-refractivity contribution in [3.05, 3.63) is 36.9 Å². The normalized spacial score (nSPS) is 9.45. The molecule has 0 atom stereocenters. The Hall–Kier alpha value is -1.22. The van der Waals surface area contributed by atoms with Crippen molar-refractivity contribution in [3.8, 4) is 0 Å². The molecule has 0 aliphatic heterocycles. The molecular weight excluding hydrogens is 138 g/mol. The van der Waals surface area contributed by atoms with Crippen LogP contribution in [-0.2, 0) is 6.54 Å². The zero-order chi connectivity index (χ0) is 7.94. The van der Waals surface area contributed by atoms with Crippen LogP contribution in [0.15, 0.2) is 31.1 Å². The second-order valence-corrected chi connectivity index (χ2v) is 2.08. The summed E-state index contributed by atoms with van der Waals surface area (Å²) in [6, 6.07) is 1.80. The first kappa shape index (κ1) is 7.88. The fraction of sp³-hybridized carbons (Fsp3) is 0.250. The molecular formula is C8H11N3. The van der Waals surface area contributed by atoms with E-state index in [0.717, 1.165) is 12.4 Å². The largest absolute Gasteiger partial charge is 0.306 e. The summed E-state index contributed by atoms with van der Waals surface area (Å²) in [6.45, 7) is 5.08. The lowest BCUT2D eigenvalue weighted by molar-refractivity contribution is 0.716. The molecule has 58 valence electrons. The average molecular weight is 149 g/mol. The molecule has 0 saturated carbocycles. The molecule has 0 fully saturated rings. The second kappa shape index (κ2) is 4.57. The summed E-state index contributed by atoms with van der Waals surface area (Å²) in [7, 11) is 0. The van der Waals surface area contributed by atoms with Gasteiger partial charge in [0, 0.05) is 18.9 Å². The number of hydrogen-bond donors (Lipinski definition) is 1. The lowest BCUT2D eigenvalue weighted by atomic mass is 10.5. The van der Waals surface area contributed by atoms with Gasteiger partial charge >= 0.3 is 0 Å². The van der Waals surface area contributed by atoms with Crippen LogP contribution in [0.5, 0.6) is 0 Å². The Labute approximate surface area is 66.2 Å². The van der Waals surface area contributed by atoms with Gasteiger partial charge < -0.3 is 5.32 Å². The first-order chi connectivity index (χ1) is 5.43. The van der Waals surface area contributed by atoms with Gasteiger partial charge in [-0.15, -0.1) is 6.58 Å². The third-order valence-electron chi connectivity index (χ3n) is 1.19. The predicted octanol–water partition coefficient (Wildman–Crippen LogP) is 0.752. The zero-order valence-corrected chi connectivity index (χ0v) is 6.33. The van der Waals surface area contributed by atoms with E-state index in [2.05, 4.69) is 21.9 Å². The highest BCUT2D eigenvalue weighted by molar-refractivity contribution is 4.88. The maximum Gasteiger partial charge on any atom is 0.141 e. The van der Waals surface area contributed by atoms with Crippen LogP contribution < -0.4 is 5.32 Å². The number of aromatic nitrogens is 2. The van der Waals surface area contributed by atoms with Crippen LogP contribution in [0.2, 0.25) is 0 Å². The minimum Gasteiger partial charge on any atom is -0.306 e. The molecule has 1 N–H and O–H groups in total. The third kappa shape index (κ3) is 2.91. The highest BCUT2D eigenvalue weighted by atomic mass is 14.9. The quantitative estimate of drug-likeness (QED) is 0.507. The van der Waals surface area contributed by atoms with Crippen molar-refractivity contribution in [2.45, 2.75) is 6.54 Å². The first-order valence-electron chi connectivity index (χ1n) is 3.51. The van der Waals surface area contributed by atoms with E-state index in [1.54, 1.807) is 18.5 Å². The zero-order valence-electron chi connectivity index (χ0n) is 6.33. The van der Waals surface area contributed by atoms with E-state index in [4.69, 9.17) is 0 Å². The molecule has 1 rings (SSSR count). The molecule has 3 nitrogen and oxygen atoms in total. The molecule has 0 unspecified atom stereocenters. The van der Waals surface area contributed by atoms with Crippen LogP contribution in [0, 0.1) is 0 Å². The van der Waals surface area contributed by atoms with Gasteiger partial charge in [-0.1, -0.05) is 6.08 Å². The molecule has 0 bridgehead atoms. The van der Waals surface area contributed by atoms with E-state index in [-0.39, 0.29) is 0 Å². The maximum absolute atomic E-state index is 4.04. The SMILES string of the molecule is C=CCNCc1ncccn1. The van der Waals surface area contributed by atoms with Crippen molar-refractivity contribution in [3.63, 3.8) is 0 Å². The van der Waals surface area contributed by atoms with Gasteiger partial charge in [-0.3, -0.25) is 0 Å². The van der Waals surface area contributed by atoms with Crippen molar-refractivity contribution >= 4 is 0 Å². The minimum absolute atomic E-state index is 0.701. The molecule has 1 heterocycles. The molecule has 0 spiro atoms. The standard InChI is InChI=1S/C8H11N3/c1-2-4-9-7-8-10-5-3-6-11-8/h2-3,5-6,9H,1,4,7H2. The number of rotatable bonds is 4. The fourth-order valence-electron chi connectivity index (χ4n) is 0.707. The van der Waals surface area contributed by atoms with Crippen molar-refractivity contribution in [1.82, 2.24) is 15.3 Å². The average Bonchev–Trinajstić information content (AvgIpc) is 2.07. The Kier molecular flexibility index (Phi) is 3.28. The monoisotopic (exact) mass is 149 g/mol. The Bertz CT molecular complexity index is 208. The molecule has 0 amide bonds. The minimum atomic E-state index is 0.701. The molecule has 0 aromatic carbocycles. The highest BCUT2D eigenvalue weighted by Crippen LogP contribution is 1.84. The second-order valence-electron chi connectivity index (χ2n) is 2.08. The molecule has 3 heteroatoms. The van der Waals surface area contributed by atoms with Crippen molar-refractivity contribution in [2.24, 2.45) is 0 Å². The van der Waals surface area contributed by atoms with E-state index < -0.39 is 0 Å². The van der Waals surface area contributed by atoms with Crippen molar-refractivity contribution < 1.29 is 0 Å². The summed E-state index contributed by atoms with van der Waals surface area (Å²) in [6.07, 6.45) is 5.28. The Balaban J connectivity index is 2.33. The number of nitrogens with zero attached hydrogens (tertiary/aromatic N) is 2. The van der Waals surface area contributed by atoms with Crippen LogP contribution in [0.4, 0.5) is 0 Å². The van der Waals surface area contributed by atoms with Crippen LogP contribution in [0.3, 0.4) is 0 Å². The van der Waals surface area contributed by atoms with Gasteiger partial charge in [-0.2, -0.15) is 0 Å². The molecule has 1 aromatic heterocycles. The van der Waals surface area contributed by atoms with Crippen molar-refractivity contribution in [2.75, 3.05) is 6.54 Å². The van der Waals surface area contributed by atoms with Crippen LogP contribution >= 0.6 is 0 Å². The molecule has 0 saturated heterocycles. The number of hydrogen-bond acceptors (Lipinski definition) is 3. The predicted molar refractivity (Wildman–Crippen MR) is 43.9 cm³/mol. The molecule has 0 aliphatic rings. The molecule has 1 aromatic rings. The van der Waals surface area contributed by atoms with Gasteiger partial charge in [0.05, 0.1) is 6.54 Å². The smallest absolute Gasteiger partial charge is 0.141 e. The van der Waals surface area contributed by atoms with E-state index in [0.29, 0.717) is 6.54 Å². The van der Waals surface area contributed by atoms with E-state index in [1.165, 1.54) is 0 Å². The summed E-state index contributed by atoms with van der Waals surface area (Å²) >= 11 is 0. The van der Waals surface area contributed by atoms with Gasteiger partial charge in [-0.25, -0.2) is 9.97 Å². The summed E-state index contributed by atoms with van der Waals surface area (Å²) in [5.74, 6) is 0.814. The Morgan fingerprint density at radius 1 is 1.45 bits per heavy atom. The molecule has 11 heavy (non-hydrogen) atoms. The van der Waals surface area contributed by atoms with Crippen molar-refractivity contribution in [1.29, 1.82) is 0 Å². The lowest BCUT2D eigenvalue weighted by Gasteiger charge is -1.97. The lowest BCUT2D eigenvalue weighted by Crippen LogP contribution is -2.14. The van der Waals surface area contributed by atoms with Gasteiger partial charge in [0.1, 0.15) is 5.82 Å². The summed E-state index contributed by atoms with van der Waals surface area (Å²) < 4.78 is 0. The third-order valence-corrected chi connectivity index (χ3v) is 1.19. The topological polar surface area (TPSA) is 37.8 Å². The molecule has 0 radical (unpaired) electrons. The Morgan fingerprint density at radius 2 is 2.18 bits per heavy atom. The van der Waals surface area contributed by atoms with Crippen LogP contribution in [-0.4, -0.2) is 16.5 Å². The molecule has 0 aliphatic carbocycles. The fourth-order valence-corrected chi connectivity index (χ4v) is 0.707. The van der Waals surface area contributed by atoms with Gasteiger partial charge in [0.25, 0.3) is 0 Å². The first-order valence-corrected chi connectivity index (χ1v) is 3.51. The highest BCUT2D eigenvalue weighted by Gasteiger charge is 1.89. The maximum atomic E-state index is 4.04. The van der Waals surface area contributed by atoms with E-state index in [1.807, 2.05) is 6.08 Å². The summed E-state index contributed by atoms with van der Waals surface area (Å²) in [4.78, 5) is 8.09. The van der Waals surface area contributed by atoms with Crippen LogP contribution in [0.25, 0.3) is 0 Å². The summed E-state index contributed by atoms with van der Waals surface area (Å²) in [5, 5.41) is 3.11. The van der Waals surface area contributed by atoms with Gasteiger partial charge in [-0.05, 0) is 6.07 Å². The van der Waals surface area contributed by atoms with Gasteiger partial charge in [0.2, 0.25) is 0 Å². The van der Waals surface area contributed by atoms with Gasteiger partial charge in [0.15, 0.2) is 0 Å². The van der Waals surface area contributed by atoms with Crippen LogP contribution in [0.1, 0.15) is 5.82 Å².